The standard InChI is InChI=1S/C22H25FN2O2/c1-16(26)24-20-11-13-25(14-12-20)22(27)15-21(17-5-3-2-4-6-17)18-7-9-19(23)10-8-18/h2-10,20-21H,11-15H2,1H3,(H,24,26). The third-order valence-corrected chi connectivity index (χ3v) is 5.11. The molecule has 0 bridgehead atoms. The van der Waals surface area contributed by atoms with Gasteiger partial charge >= 0.3 is 0 Å². The maximum absolute atomic E-state index is 13.3. The molecule has 3 rings (SSSR count). The smallest absolute Gasteiger partial charge is 0.223 e. The molecule has 0 aromatic heterocycles. The van der Waals surface area contributed by atoms with Gasteiger partial charge in [-0.3, -0.25) is 9.59 Å². The lowest BCUT2D eigenvalue weighted by Crippen LogP contribution is -2.46. The number of hydrogen-bond acceptors (Lipinski definition) is 2. The average molecular weight is 368 g/mol. The fourth-order valence-corrected chi connectivity index (χ4v) is 3.67. The van der Waals surface area contributed by atoms with Crippen LogP contribution >= 0.6 is 0 Å². The highest BCUT2D eigenvalue weighted by molar-refractivity contribution is 5.78. The van der Waals surface area contributed by atoms with Crippen LogP contribution < -0.4 is 5.32 Å². The number of nitrogens with one attached hydrogen (secondary N) is 1. The Morgan fingerprint density at radius 2 is 1.63 bits per heavy atom. The zero-order chi connectivity index (χ0) is 19.2. The maximum atomic E-state index is 13.3. The van der Waals surface area contributed by atoms with Gasteiger partial charge in [-0.1, -0.05) is 42.5 Å². The van der Waals surface area contributed by atoms with Gasteiger partial charge < -0.3 is 10.2 Å². The van der Waals surface area contributed by atoms with E-state index in [1.807, 2.05) is 35.2 Å². The van der Waals surface area contributed by atoms with Gasteiger partial charge in [0.25, 0.3) is 0 Å². The Morgan fingerprint density at radius 3 is 2.22 bits per heavy atom. The van der Waals surface area contributed by atoms with E-state index < -0.39 is 0 Å². The predicted octanol–water partition coefficient (Wildman–Crippen LogP) is 3.47. The van der Waals surface area contributed by atoms with Gasteiger partial charge in [-0.05, 0) is 36.1 Å². The van der Waals surface area contributed by atoms with Crippen molar-refractivity contribution in [3.8, 4) is 0 Å². The lowest BCUT2D eigenvalue weighted by molar-refractivity contribution is -0.132. The largest absolute Gasteiger partial charge is 0.353 e. The number of halogens is 1. The fourth-order valence-electron chi connectivity index (χ4n) is 3.67. The van der Waals surface area contributed by atoms with Crippen LogP contribution in [0.15, 0.2) is 54.6 Å². The van der Waals surface area contributed by atoms with E-state index in [-0.39, 0.29) is 29.6 Å². The third-order valence-electron chi connectivity index (χ3n) is 5.11. The van der Waals surface area contributed by atoms with E-state index in [0.29, 0.717) is 19.5 Å². The molecule has 1 aliphatic heterocycles. The Bertz CT molecular complexity index is 769. The zero-order valence-electron chi connectivity index (χ0n) is 15.5. The van der Waals surface area contributed by atoms with E-state index in [4.69, 9.17) is 0 Å². The molecule has 0 aliphatic carbocycles. The number of hydrogen-bond donors (Lipinski definition) is 1. The Kier molecular flexibility index (Phi) is 6.22. The summed E-state index contributed by atoms with van der Waals surface area (Å²) < 4.78 is 13.3. The Balaban J connectivity index is 1.70. The van der Waals surface area contributed by atoms with Crippen LogP contribution in [-0.2, 0) is 9.59 Å². The Morgan fingerprint density at radius 1 is 1.04 bits per heavy atom. The average Bonchev–Trinajstić information content (AvgIpc) is 2.67. The number of benzene rings is 2. The Labute approximate surface area is 159 Å². The minimum Gasteiger partial charge on any atom is -0.353 e. The Hall–Kier alpha value is -2.69. The molecule has 0 radical (unpaired) electrons. The molecule has 1 aliphatic rings. The van der Waals surface area contributed by atoms with Gasteiger partial charge in [0.15, 0.2) is 0 Å². The number of amides is 2. The molecule has 1 atom stereocenters. The second-order valence-electron chi connectivity index (χ2n) is 7.07. The summed E-state index contributed by atoms with van der Waals surface area (Å²) in [6.07, 6.45) is 1.90. The first-order valence-corrected chi connectivity index (χ1v) is 9.38. The predicted molar refractivity (Wildman–Crippen MR) is 103 cm³/mol. The molecule has 2 amide bonds. The summed E-state index contributed by atoms with van der Waals surface area (Å²) >= 11 is 0. The number of carbonyl (C=O) groups is 2. The van der Waals surface area contributed by atoms with Crippen LogP contribution in [0.2, 0.25) is 0 Å². The van der Waals surface area contributed by atoms with Gasteiger partial charge in [0, 0.05) is 38.4 Å². The normalized spacial score (nSPS) is 16.0. The highest BCUT2D eigenvalue weighted by atomic mass is 19.1. The summed E-state index contributed by atoms with van der Waals surface area (Å²) in [5, 5.41) is 2.93. The van der Waals surface area contributed by atoms with Gasteiger partial charge in [-0.25, -0.2) is 4.39 Å². The third kappa shape index (κ3) is 5.16. The van der Waals surface area contributed by atoms with Gasteiger partial charge in [-0.2, -0.15) is 0 Å². The van der Waals surface area contributed by atoms with Crippen molar-refractivity contribution in [2.45, 2.75) is 38.1 Å². The van der Waals surface area contributed by atoms with Crippen molar-refractivity contribution in [2.75, 3.05) is 13.1 Å². The zero-order valence-corrected chi connectivity index (χ0v) is 15.5. The SMILES string of the molecule is CC(=O)NC1CCN(C(=O)CC(c2ccccc2)c2ccc(F)cc2)CC1. The molecular formula is C22H25FN2O2. The van der Waals surface area contributed by atoms with Crippen LogP contribution in [-0.4, -0.2) is 35.8 Å². The molecule has 4 nitrogen and oxygen atoms in total. The highest BCUT2D eigenvalue weighted by Gasteiger charge is 2.26. The molecule has 2 aromatic rings. The monoisotopic (exact) mass is 368 g/mol. The summed E-state index contributed by atoms with van der Waals surface area (Å²) in [6.45, 7) is 2.81. The second-order valence-corrected chi connectivity index (χ2v) is 7.07. The molecule has 1 N–H and O–H groups in total. The van der Waals surface area contributed by atoms with Crippen LogP contribution in [0.4, 0.5) is 4.39 Å². The summed E-state index contributed by atoms with van der Waals surface area (Å²) in [5.74, 6) is -0.320. The molecule has 27 heavy (non-hydrogen) atoms. The van der Waals surface area contributed by atoms with Crippen molar-refractivity contribution in [1.82, 2.24) is 10.2 Å². The summed E-state index contributed by atoms with van der Waals surface area (Å²) in [4.78, 5) is 26.0. The maximum Gasteiger partial charge on any atom is 0.223 e. The molecule has 1 fully saturated rings. The molecule has 0 spiro atoms. The van der Waals surface area contributed by atoms with Gasteiger partial charge in [-0.15, -0.1) is 0 Å². The molecular weight excluding hydrogens is 343 g/mol. The lowest BCUT2D eigenvalue weighted by atomic mass is 9.88. The molecule has 142 valence electrons. The van der Waals surface area contributed by atoms with E-state index >= 15 is 0 Å². The van der Waals surface area contributed by atoms with Crippen molar-refractivity contribution in [1.29, 1.82) is 0 Å². The van der Waals surface area contributed by atoms with Gasteiger partial charge in [0.05, 0.1) is 0 Å². The van der Waals surface area contributed by atoms with Crippen LogP contribution in [0.1, 0.15) is 43.2 Å². The number of rotatable bonds is 5. The topological polar surface area (TPSA) is 49.4 Å². The van der Waals surface area contributed by atoms with E-state index in [1.165, 1.54) is 19.1 Å². The van der Waals surface area contributed by atoms with Crippen molar-refractivity contribution >= 4 is 11.8 Å². The lowest BCUT2D eigenvalue weighted by Gasteiger charge is -2.33. The highest BCUT2D eigenvalue weighted by Crippen LogP contribution is 2.29. The quantitative estimate of drug-likeness (QED) is 0.878. The second kappa shape index (κ2) is 8.80. The summed E-state index contributed by atoms with van der Waals surface area (Å²) in [7, 11) is 0. The number of piperidine rings is 1. The van der Waals surface area contributed by atoms with Gasteiger partial charge in [0.2, 0.25) is 11.8 Å². The van der Waals surface area contributed by atoms with Crippen LogP contribution in [0.25, 0.3) is 0 Å². The van der Waals surface area contributed by atoms with E-state index in [0.717, 1.165) is 24.0 Å². The minimum atomic E-state index is -0.281. The van der Waals surface area contributed by atoms with Crippen LogP contribution in [0.3, 0.4) is 0 Å². The molecule has 2 aromatic carbocycles. The fraction of sp³-hybridized carbons (Fsp3) is 0.364. The summed E-state index contributed by atoms with van der Waals surface area (Å²) in [5.41, 5.74) is 1.98. The number of likely N-dealkylation sites (tertiary alicyclic amines) is 1. The molecule has 1 unspecified atom stereocenters. The van der Waals surface area contributed by atoms with Crippen molar-refractivity contribution in [3.63, 3.8) is 0 Å². The van der Waals surface area contributed by atoms with Crippen LogP contribution in [0, 0.1) is 5.82 Å². The first-order chi connectivity index (χ1) is 13.0. The molecule has 1 heterocycles. The molecule has 0 saturated carbocycles. The summed E-state index contributed by atoms with van der Waals surface area (Å²) in [6, 6.07) is 16.4. The van der Waals surface area contributed by atoms with Crippen molar-refractivity contribution in [2.24, 2.45) is 0 Å². The first-order valence-electron chi connectivity index (χ1n) is 9.38. The van der Waals surface area contributed by atoms with E-state index in [2.05, 4.69) is 5.32 Å². The van der Waals surface area contributed by atoms with Crippen molar-refractivity contribution < 1.29 is 14.0 Å². The molecule has 5 heteroatoms. The van der Waals surface area contributed by atoms with Crippen molar-refractivity contribution in [3.05, 3.63) is 71.5 Å². The van der Waals surface area contributed by atoms with Crippen LogP contribution in [0.5, 0.6) is 0 Å². The van der Waals surface area contributed by atoms with E-state index in [1.54, 1.807) is 12.1 Å². The minimum absolute atomic E-state index is 0.0276. The van der Waals surface area contributed by atoms with E-state index in [9.17, 15) is 14.0 Å². The number of nitrogens with zero attached hydrogens (tertiary/aromatic N) is 1. The molecule has 1 saturated heterocycles. The van der Waals surface area contributed by atoms with Gasteiger partial charge in [0.1, 0.15) is 5.82 Å². The first kappa shape index (κ1) is 19.1. The number of carbonyl (C=O) groups excluding carboxylic acids is 2.